The molecular formula is C23H22BrN5. The van der Waals surface area contributed by atoms with Crippen molar-refractivity contribution in [3.05, 3.63) is 99.3 Å². The van der Waals surface area contributed by atoms with Crippen LogP contribution in [0.2, 0.25) is 0 Å². The van der Waals surface area contributed by atoms with Crippen LogP contribution in [-0.2, 0) is 0 Å². The monoisotopic (exact) mass is 447 g/mol. The van der Waals surface area contributed by atoms with Crippen LogP contribution in [0.15, 0.2) is 71.2 Å². The van der Waals surface area contributed by atoms with E-state index in [1.54, 1.807) is 0 Å². The summed E-state index contributed by atoms with van der Waals surface area (Å²) >= 11 is 3.53. The molecule has 0 spiro atoms. The smallest absolute Gasteiger partial charge is 0.183 e. The Hall–Kier alpha value is -2.99. The number of rotatable bonds is 5. The number of hydrogen-bond acceptors (Lipinski definition) is 4. The van der Waals surface area contributed by atoms with Gasteiger partial charge in [-0.25, -0.2) is 0 Å². The van der Waals surface area contributed by atoms with E-state index < -0.39 is 0 Å². The van der Waals surface area contributed by atoms with E-state index in [0.717, 1.165) is 38.4 Å². The van der Waals surface area contributed by atoms with Crippen molar-refractivity contribution in [3.63, 3.8) is 0 Å². The highest BCUT2D eigenvalue weighted by atomic mass is 79.9. The van der Waals surface area contributed by atoms with E-state index in [0.29, 0.717) is 0 Å². The third kappa shape index (κ3) is 3.93. The van der Waals surface area contributed by atoms with Gasteiger partial charge in [-0.2, -0.15) is 4.68 Å². The molecule has 29 heavy (non-hydrogen) atoms. The average molecular weight is 448 g/mol. The zero-order valence-corrected chi connectivity index (χ0v) is 18.2. The van der Waals surface area contributed by atoms with E-state index in [2.05, 4.69) is 100 Å². The lowest BCUT2D eigenvalue weighted by molar-refractivity contribution is 0.731. The van der Waals surface area contributed by atoms with Crippen LogP contribution in [0.4, 0.5) is 5.69 Å². The predicted octanol–water partition coefficient (Wildman–Crippen LogP) is 5.55. The zero-order chi connectivity index (χ0) is 20.4. The van der Waals surface area contributed by atoms with Crippen molar-refractivity contribution in [1.82, 2.24) is 20.2 Å². The Labute approximate surface area is 178 Å². The van der Waals surface area contributed by atoms with Gasteiger partial charge in [0.25, 0.3) is 0 Å². The van der Waals surface area contributed by atoms with Gasteiger partial charge in [0.05, 0.1) is 5.69 Å². The van der Waals surface area contributed by atoms with Gasteiger partial charge in [0.2, 0.25) is 0 Å². The van der Waals surface area contributed by atoms with Crippen LogP contribution in [-0.4, -0.2) is 20.2 Å². The number of nitrogens with one attached hydrogen (secondary N) is 1. The number of nitrogens with zero attached hydrogens (tertiary/aromatic N) is 4. The lowest BCUT2D eigenvalue weighted by Crippen LogP contribution is -2.19. The molecule has 0 bridgehead atoms. The maximum atomic E-state index is 4.43. The Bertz CT molecular complexity index is 1110. The molecule has 1 aromatic heterocycles. The van der Waals surface area contributed by atoms with Gasteiger partial charge in [-0.1, -0.05) is 64.5 Å². The Morgan fingerprint density at radius 2 is 1.48 bits per heavy atom. The fourth-order valence-corrected chi connectivity index (χ4v) is 3.78. The van der Waals surface area contributed by atoms with Crippen molar-refractivity contribution in [3.8, 4) is 5.69 Å². The molecule has 146 valence electrons. The maximum Gasteiger partial charge on any atom is 0.183 e. The fourth-order valence-electron chi connectivity index (χ4n) is 3.52. The normalized spacial score (nSPS) is 12.0. The molecule has 4 rings (SSSR count). The number of tetrazole rings is 1. The molecule has 1 unspecified atom stereocenters. The first kappa shape index (κ1) is 19.3. The zero-order valence-electron chi connectivity index (χ0n) is 16.6. The van der Waals surface area contributed by atoms with Gasteiger partial charge in [-0.15, -0.1) is 5.10 Å². The Balaban J connectivity index is 1.86. The van der Waals surface area contributed by atoms with E-state index >= 15 is 0 Å². The average Bonchev–Trinajstić information content (AvgIpc) is 3.17. The van der Waals surface area contributed by atoms with Gasteiger partial charge in [0, 0.05) is 10.2 Å². The largest absolute Gasteiger partial charge is 0.371 e. The van der Waals surface area contributed by atoms with Gasteiger partial charge in [0.1, 0.15) is 6.04 Å². The van der Waals surface area contributed by atoms with Crippen LogP contribution >= 0.6 is 15.9 Å². The first-order valence-corrected chi connectivity index (χ1v) is 10.3. The molecule has 0 aliphatic carbocycles. The molecule has 6 heteroatoms. The first-order chi connectivity index (χ1) is 14.0. The van der Waals surface area contributed by atoms with Crippen LogP contribution in [0.1, 0.15) is 34.1 Å². The van der Waals surface area contributed by atoms with Crippen molar-refractivity contribution in [2.24, 2.45) is 0 Å². The SMILES string of the molecule is Cc1ccccc1NC(c1ccc(Br)cc1)c1nnnn1-c1c(C)cccc1C. The van der Waals surface area contributed by atoms with Gasteiger partial charge in [-0.3, -0.25) is 0 Å². The molecule has 1 N–H and O–H groups in total. The van der Waals surface area contributed by atoms with Gasteiger partial charge in [0.15, 0.2) is 5.82 Å². The minimum absolute atomic E-state index is 0.210. The van der Waals surface area contributed by atoms with Crippen molar-refractivity contribution in [1.29, 1.82) is 0 Å². The highest BCUT2D eigenvalue weighted by molar-refractivity contribution is 9.10. The van der Waals surface area contributed by atoms with Crippen LogP contribution < -0.4 is 5.32 Å². The van der Waals surface area contributed by atoms with Crippen molar-refractivity contribution in [2.45, 2.75) is 26.8 Å². The van der Waals surface area contributed by atoms with Gasteiger partial charge >= 0.3 is 0 Å². The lowest BCUT2D eigenvalue weighted by Gasteiger charge is -2.22. The summed E-state index contributed by atoms with van der Waals surface area (Å²) in [7, 11) is 0. The van der Waals surface area contributed by atoms with Gasteiger partial charge in [-0.05, 0) is 71.7 Å². The maximum absolute atomic E-state index is 4.43. The van der Waals surface area contributed by atoms with E-state index in [1.807, 2.05) is 28.9 Å². The molecule has 0 fully saturated rings. The second-order valence-corrected chi connectivity index (χ2v) is 8.05. The second kappa shape index (κ2) is 8.17. The number of aryl methyl sites for hydroxylation is 3. The summed E-state index contributed by atoms with van der Waals surface area (Å²) in [5, 5.41) is 16.4. The van der Waals surface area contributed by atoms with Crippen molar-refractivity contribution < 1.29 is 0 Å². The first-order valence-electron chi connectivity index (χ1n) is 9.47. The van der Waals surface area contributed by atoms with Crippen LogP contribution in [0.25, 0.3) is 5.69 Å². The van der Waals surface area contributed by atoms with E-state index in [1.165, 1.54) is 5.56 Å². The van der Waals surface area contributed by atoms with Gasteiger partial charge < -0.3 is 5.32 Å². The molecule has 0 amide bonds. The number of para-hydroxylation sites is 2. The third-order valence-electron chi connectivity index (χ3n) is 5.05. The number of aromatic nitrogens is 4. The molecule has 5 nitrogen and oxygen atoms in total. The van der Waals surface area contributed by atoms with Crippen LogP contribution in [0.5, 0.6) is 0 Å². The molecule has 0 saturated carbocycles. The number of benzene rings is 3. The summed E-state index contributed by atoms with van der Waals surface area (Å²) < 4.78 is 2.88. The number of hydrogen-bond donors (Lipinski definition) is 1. The standard InChI is InChI=1S/C23H22BrN5/c1-15-7-4-5-10-20(15)25-21(18-11-13-19(24)14-12-18)23-26-27-28-29(23)22-16(2)8-6-9-17(22)3/h4-14,21,25H,1-3H3. The number of anilines is 1. The number of halogens is 1. The van der Waals surface area contributed by atoms with E-state index in [-0.39, 0.29) is 6.04 Å². The Morgan fingerprint density at radius 1 is 0.828 bits per heavy atom. The molecule has 1 heterocycles. The highest BCUT2D eigenvalue weighted by Gasteiger charge is 2.24. The second-order valence-electron chi connectivity index (χ2n) is 7.13. The molecule has 0 saturated heterocycles. The van der Waals surface area contributed by atoms with E-state index in [9.17, 15) is 0 Å². The summed E-state index contributed by atoms with van der Waals surface area (Å²) in [6.07, 6.45) is 0. The molecule has 0 radical (unpaired) electrons. The summed E-state index contributed by atoms with van der Waals surface area (Å²) in [6, 6.07) is 22.5. The third-order valence-corrected chi connectivity index (χ3v) is 5.58. The summed E-state index contributed by atoms with van der Waals surface area (Å²) in [6.45, 7) is 6.25. The summed E-state index contributed by atoms with van der Waals surface area (Å²) in [4.78, 5) is 0. The van der Waals surface area contributed by atoms with Crippen molar-refractivity contribution in [2.75, 3.05) is 5.32 Å². The molecule has 3 aromatic carbocycles. The Kier molecular flexibility index (Phi) is 5.45. The predicted molar refractivity (Wildman–Crippen MR) is 119 cm³/mol. The van der Waals surface area contributed by atoms with Crippen LogP contribution in [0.3, 0.4) is 0 Å². The molecular weight excluding hydrogens is 426 g/mol. The minimum Gasteiger partial charge on any atom is -0.371 e. The molecule has 1 atom stereocenters. The van der Waals surface area contributed by atoms with Crippen LogP contribution in [0, 0.1) is 20.8 Å². The molecule has 0 aliphatic heterocycles. The quantitative estimate of drug-likeness (QED) is 0.435. The minimum atomic E-state index is -0.210. The summed E-state index contributed by atoms with van der Waals surface area (Å²) in [5.74, 6) is 0.743. The van der Waals surface area contributed by atoms with E-state index in [4.69, 9.17) is 0 Å². The van der Waals surface area contributed by atoms with Crippen molar-refractivity contribution >= 4 is 21.6 Å². The summed E-state index contributed by atoms with van der Waals surface area (Å²) in [5.41, 5.74) is 6.57. The fraction of sp³-hybridized carbons (Fsp3) is 0.174. The molecule has 4 aromatic rings. The molecule has 0 aliphatic rings. The lowest BCUT2D eigenvalue weighted by atomic mass is 10.0. The topological polar surface area (TPSA) is 55.6 Å². The Morgan fingerprint density at radius 3 is 2.17 bits per heavy atom. The highest BCUT2D eigenvalue weighted by Crippen LogP contribution is 2.30.